The van der Waals surface area contributed by atoms with Crippen molar-refractivity contribution >= 4 is 29.0 Å². The van der Waals surface area contributed by atoms with Crippen LogP contribution in [0.4, 0.5) is 0 Å². The minimum atomic E-state index is -0.830. The number of Topliss-reactive ketones (excluding diaryl/α,β-unsaturated/α-hetero) is 1. The summed E-state index contributed by atoms with van der Waals surface area (Å²) in [6, 6.07) is 4.69. The molecule has 1 aliphatic heterocycles. The second-order valence-corrected chi connectivity index (χ2v) is 3.91. The molecule has 0 atom stereocenters. The van der Waals surface area contributed by atoms with Crippen molar-refractivity contribution < 1.29 is 14.3 Å². The number of ketones is 1. The van der Waals surface area contributed by atoms with Crippen LogP contribution in [0.15, 0.2) is 18.2 Å². The van der Waals surface area contributed by atoms with Crippen molar-refractivity contribution in [2.45, 2.75) is 6.29 Å². The van der Waals surface area contributed by atoms with E-state index in [1.807, 2.05) is 0 Å². The van der Waals surface area contributed by atoms with Crippen LogP contribution in [0.1, 0.15) is 10.4 Å². The van der Waals surface area contributed by atoms with Crippen LogP contribution in [0.5, 0.6) is 0 Å². The van der Waals surface area contributed by atoms with Gasteiger partial charge in [0.1, 0.15) is 0 Å². The Hall–Kier alpha value is -0.610. The summed E-state index contributed by atoms with van der Waals surface area (Å²) >= 11 is 11.6. The molecule has 0 bridgehead atoms. The van der Waals surface area contributed by atoms with Crippen LogP contribution >= 0.6 is 23.2 Å². The predicted octanol–water partition coefficient (Wildman–Crippen LogP) is 2.55. The van der Waals surface area contributed by atoms with Crippen LogP contribution in [0.2, 0.25) is 10.0 Å². The van der Waals surface area contributed by atoms with Gasteiger partial charge in [0.15, 0.2) is 0 Å². The molecule has 15 heavy (non-hydrogen) atoms. The van der Waals surface area contributed by atoms with E-state index < -0.39 is 6.29 Å². The molecule has 5 heteroatoms. The van der Waals surface area contributed by atoms with Gasteiger partial charge in [-0.05, 0) is 18.2 Å². The number of ether oxygens (including phenoxy) is 2. The lowest BCUT2D eigenvalue weighted by Crippen LogP contribution is -2.21. The minimum Gasteiger partial charge on any atom is -0.343 e. The van der Waals surface area contributed by atoms with Crippen molar-refractivity contribution in [1.29, 1.82) is 0 Å². The fourth-order valence-corrected chi connectivity index (χ4v) is 1.83. The van der Waals surface area contributed by atoms with Gasteiger partial charge in [-0.25, -0.2) is 0 Å². The van der Waals surface area contributed by atoms with Gasteiger partial charge in [-0.15, -0.1) is 0 Å². The van der Waals surface area contributed by atoms with Crippen LogP contribution in [0, 0.1) is 0 Å². The molecule has 1 fully saturated rings. The van der Waals surface area contributed by atoms with E-state index in [4.69, 9.17) is 32.7 Å². The number of benzene rings is 1. The Morgan fingerprint density at radius 3 is 2.53 bits per heavy atom. The fraction of sp³-hybridized carbons (Fsp3) is 0.300. The summed E-state index contributed by atoms with van der Waals surface area (Å²) in [5, 5.41) is 0.802. The maximum Gasteiger partial charge on any atom is 0.222 e. The van der Waals surface area contributed by atoms with Gasteiger partial charge in [-0.2, -0.15) is 0 Å². The average Bonchev–Trinajstić information content (AvgIpc) is 2.69. The highest BCUT2D eigenvalue weighted by atomic mass is 35.5. The molecule has 0 saturated carbocycles. The number of hydrogen-bond acceptors (Lipinski definition) is 3. The lowest BCUT2D eigenvalue weighted by atomic mass is 10.1. The van der Waals surface area contributed by atoms with E-state index in [1.165, 1.54) is 6.07 Å². The molecule has 80 valence electrons. The molecule has 0 spiro atoms. The van der Waals surface area contributed by atoms with E-state index in [9.17, 15) is 4.79 Å². The van der Waals surface area contributed by atoms with Gasteiger partial charge in [0.25, 0.3) is 0 Å². The van der Waals surface area contributed by atoms with Gasteiger partial charge in [0, 0.05) is 10.6 Å². The van der Waals surface area contributed by atoms with Crippen molar-refractivity contribution in [1.82, 2.24) is 0 Å². The Morgan fingerprint density at radius 1 is 1.27 bits per heavy atom. The van der Waals surface area contributed by atoms with E-state index in [-0.39, 0.29) is 5.78 Å². The van der Waals surface area contributed by atoms with Crippen molar-refractivity contribution in [3.63, 3.8) is 0 Å². The van der Waals surface area contributed by atoms with Gasteiger partial charge in [0.05, 0.1) is 18.2 Å². The molecule has 1 aromatic carbocycles. The zero-order chi connectivity index (χ0) is 10.8. The van der Waals surface area contributed by atoms with Gasteiger partial charge in [-0.1, -0.05) is 23.2 Å². The normalized spacial score (nSPS) is 16.9. The fourth-order valence-electron chi connectivity index (χ4n) is 1.33. The topological polar surface area (TPSA) is 35.5 Å². The first-order valence-corrected chi connectivity index (χ1v) is 5.16. The largest absolute Gasteiger partial charge is 0.343 e. The van der Waals surface area contributed by atoms with Crippen LogP contribution in [0.3, 0.4) is 0 Å². The van der Waals surface area contributed by atoms with Crippen LogP contribution in [-0.2, 0) is 9.47 Å². The van der Waals surface area contributed by atoms with E-state index in [2.05, 4.69) is 0 Å². The van der Waals surface area contributed by atoms with Crippen molar-refractivity contribution in [2.24, 2.45) is 0 Å². The molecule has 1 saturated heterocycles. The molecular weight excluding hydrogens is 239 g/mol. The molecular formula is C10H8Cl2O3. The smallest absolute Gasteiger partial charge is 0.222 e. The highest BCUT2D eigenvalue weighted by Crippen LogP contribution is 2.23. The number of rotatable bonds is 2. The van der Waals surface area contributed by atoms with Crippen LogP contribution < -0.4 is 0 Å². The molecule has 0 aliphatic carbocycles. The Bertz CT molecular complexity index is 386. The zero-order valence-electron chi connectivity index (χ0n) is 7.70. The summed E-state index contributed by atoms with van der Waals surface area (Å²) in [5.74, 6) is -0.269. The molecule has 0 N–H and O–H groups in total. The third-order valence-corrected chi connectivity index (χ3v) is 2.58. The van der Waals surface area contributed by atoms with Crippen LogP contribution in [0.25, 0.3) is 0 Å². The lowest BCUT2D eigenvalue weighted by Gasteiger charge is -2.09. The van der Waals surface area contributed by atoms with Gasteiger partial charge < -0.3 is 9.47 Å². The summed E-state index contributed by atoms with van der Waals surface area (Å²) in [4.78, 5) is 11.8. The van der Waals surface area contributed by atoms with Crippen molar-refractivity contribution in [3.05, 3.63) is 33.8 Å². The summed E-state index contributed by atoms with van der Waals surface area (Å²) in [6.07, 6.45) is -0.830. The van der Waals surface area contributed by atoms with E-state index in [0.29, 0.717) is 28.8 Å². The Morgan fingerprint density at radius 2 is 1.93 bits per heavy atom. The monoisotopic (exact) mass is 246 g/mol. The maximum atomic E-state index is 11.8. The molecule has 1 aromatic rings. The highest BCUT2D eigenvalue weighted by Gasteiger charge is 2.27. The standard InChI is InChI=1S/C10H8Cl2O3/c11-6-1-2-7(8(12)5-6)9(13)10-14-3-4-15-10/h1-2,5,10H,3-4H2. The Kier molecular flexibility index (Phi) is 3.26. The highest BCUT2D eigenvalue weighted by molar-refractivity contribution is 6.36. The quantitative estimate of drug-likeness (QED) is 0.753. The number of carbonyl (C=O) groups excluding carboxylic acids is 1. The lowest BCUT2D eigenvalue weighted by molar-refractivity contribution is -0.0213. The number of carbonyl (C=O) groups is 1. The van der Waals surface area contributed by atoms with Crippen molar-refractivity contribution in [2.75, 3.05) is 13.2 Å². The van der Waals surface area contributed by atoms with Gasteiger partial charge in [0.2, 0.25) is 12.1 Å². The second-order valence-electron chi connectivity index (χ2n) is 3.06. The third kappa shape index (κ3) is 2.32. The second kappa shape index (κ2) is 4.49. The number of hydrogen-bond donors (Lipinski definition) is 0. The molecule has 0 aromatic heterocycles. The third-order valence-electron chi connectivity index (χ3n) is 2.03. The zero-order valence-corrected chi connectivity index (χ0v) is 9.22. The average molecular weight is 247 g/mol. The first kappa shape index (κ1) is 10.9. The van der Waals surface area contributed by atoms with E-state index >= 15 is 0 Å². The summed E-state index contributed by atoms with van der Waals surface area (Å²) < 4.78 is 10.2. The molecule has 0 radical (unpaired) electrons. The minimum absolute atomic E-state index is 0.269. The molecule has 2 rings (SSSR count). The Labute approximate surface area is 96.9 Å². The first-order chi connectivity index (χ1) is 7.18. The maximum absolute atomic E-state index is 11.8. The Balaban J connectivity index is 2.24. The molecule has 1 aliphatic rings. The SMILES string of the molecule is O=C(c1ccc(Cl)cc1Cl)C1OCCO1. The number of halogens is 2. The van der Waals surface area contributed by atoms with Crippen molar-refractivity contribution in [3.8, 4) is 0 Å². The van der Waals surface area contributed by atoms with E-state index in [1.54, 1.807) is 12.1 Å². The molecule has 3 nitrogen and oxygen atoms in total. The summed E-state index contributed by atoms with van der Waals surface area (Å²) in [5.41, 5.74) is 0.368. The molecule has 1 heterocycles. The summed E-state index contributed by atoms with van der Waals surface area (Å²) in [6.45, 7) is 0.864. The van der Waals surface area contributed by atoms with Gasteiger partial charge >= 0.3 is 0 Å². The first-order valence-electron chi connectivity index (χ1n) is 4.41. The molecule has 0 amide bonds. The summed E-state index contributed by atoms with van der Waals surface area (Å²) in [7, 11) is 0. The van der Waals surface area contributed by atoms with E-state index in [0.717, 1.165) is 0 Å². The predicted molar refractivity (Wildman–Crippen MR) is 56.5 cm³/mol. The molecule has 0 unspecified atom stereocenters. The van der Waals surface area contributed by atoms with Gasteiger partial charge in [-0.3, -0.25) is 4.79 Å². The van der Waals surface area contributed by atoms with Crippen LogP contribution in [-0.4, -0.2) is 25.3 Å².